The zero-order valence-corrected chi connectivity index (χ0v) is 9.85. The summed E-state index contributed by atoms with van der Waals surface area (Å²) in [4.78, 5) is 0. The second kappa shape index (κ2) is 4.80. The molecule has 15 heavy (non-hydrogen) atoms. The van der Waals surface area contributed by atoms with Gasteiger partial charge in [-0.3, -0.25) is 0 Å². The first-order chi connectivity index (χ1) is 7.16. The predicted octanol–water partition coefficient (Wildman–Crippen LogP) is 0.458. The SMILES string of the molecule is O=S(=O)(CCC1CC1)NCC1CCCN1. The quantitative estimate of drug-likeness (QED) is 0.699. The fourth-order valence-electron chi connectivity index (χ4n) is 1.96. The predicted molar refractivity (Wildman–Crippen MR) is 60.2 cm³/mol. The first-order valence-corrected chi connectivity index (χ1v) is 7.52. The Morgan fingerprint density at radius 2 is 2.07 bits per heavy atom. The first-order valence-electron chi connectivity index (χ1n) is 5.86. The minimum atomic E-state index is -3.01. The lowest BCUT2D eigenvalue weighted by molar-refractivity contribution is 0.548. The van der Waals surface area contributed by atoms with Crippen molar-refractivity contribution in [3.05, 3.63) is 0 Å². The lowest BCUT2D eigenvalue weighted by Crippen LogP contribution is -2.38. The highest BCUT2D eigenvalue weighted by Gasteiger charge is 2.24. The maximum absolute atomic E-state index is 11.6. The molecule has 1 aliphatic heterocycles. The van der Waals surface area contributed by atoms with Crippen LogP contribution in [0.15, 0.2) is 0 Å². The van der Waals surface area contributed by atoms with E-state index in [0.29, 0.717) is 24.3 Å². The summed E-state index contributed by atoms with van der Waals surface area (Å²) in [6, 6.07) is 0.348. The maximum atomic E-state index is 11.6. The Labute approximate surface area is 91.9 Å². The number of hydrogen-bond acceptors (Lipinski definition) is 3. The van der Waals surface area contributed by atoms with Crippen LogP contribution < -0.4 is 10.0 Å². The largest absolute Gasteiger partial charge is 0.313 e. The molecule has 1 saturated carbocycles. The molecule has 5 heteroatoms. The van der Waals surface area contributed by atoms with Crippen LogP contribution >= 0.6 is 0 Å². The Hall–Kier alpha value is -0.130. The molecular weight excluding hydrogens is 212 g/mol. The highest BCUT2D eigenvalue weighted by molar-refractivity contribution is 7.89. The molecule has 0 amide bonds. The van der Waals surface area contributed by atoms with Gasteiger partial charge >= 0.3 is 0 Å². The van der Waals surface area contributed by atoms with E-state index >= 15 is 0 Å². The van der Waals surface area contributed by atoms with Crippen molar-refractivity contribution in [3.8, 4) is 0 Å². The van der Waals surface area contributed by atoms with Crippen molar-refractivity contribution < 1.29 is 8.42 Å². The van der Waals surface area contributed by atoms with Crippen molar-refractivity contribution in [1.29, 1.82) is 0 Å². The van der Waals surface area contributed by atoms with Crippen molar-refractivity contribution in [2.45, 2.75) is 38.1 Å². The standard InChI is InChI=1S/C10H20N2O2S/c13-15(14,7-5-9-3-4-9)12-8-10-2-1-6-11-10/h9-12H,1-8H2. The lowest BCUT2D eigenvalue weighted by atomic mass is 10.2. The number of sulfonamides is 1. The molecule has 2 rings (SSSR count). The molecular formula is C10H20N2O2S. The molecule has 1 atom stereocenters. The lowest BCUT2D eigenvalue weighted by Gasteiger charge is -2.11. The molecule has 2 N–H and O–H groups in total. The summed E-state index contributed by atoms with van der Waals surface area (Å²) in [5.74, 6) is 0.996. The van der Waals surface area contributed by atoms with Gasteiger partial charge in [0.05, 0.1) is 5.75 Å². The maximum Gasteiger partial charge on any atom is 0.211 e. The van der Waals surface area contributed by atoms with E-state index < -0.39 is 10.0 Å². The molecule has 0 spiro atoms. The van der Waals surface area contributed by atoms with Gasteiger partial charge in [0, 0.05) is 12.6 Å². The zero-order chi connectivity index (χ0) is 10.7. The molecule has 0 aromatic heterocycles. The van der Waals surface area contributed by atoms with Gasteiger partial charge in [-0.05, 0) is 31.7 Å². The average molecular weight is 232 g/mol. The van der Waals surface area contributed by atoms with Crippen LogP contribution in [0, 0.1) is 5.92 Å². The summed E-state index contributed by atoms with van der Waals surface area (Å²) >= 11 is 0. The topological polar surface area (TPSA) is 58.2 Å². The van der Waals surface area contributed by atoms with Crippen LogP contribution in [0.1, 0.15) is 32.1 Å². The van der Waals surface area contributed by atoms with Crippen LogP contribution in [0.4, 0.5) is 0 Å². The molecule has 1 unspecified atom stereocenters. The van der Waals surface area contributed by atoms with Crippen molar-refractivity contribution in [1.82, 2.24) is 10.0 Å². The number of rotatable bonds is 6. The fraction of sp³-hybridized carbons (Fsp3) is 1.00. The Balaban J connectivity index is 1.66. The molecule has 0 aromatic carbocycles. The van der Waals surface area contributed by atoms with E-state index in [0.717, 1.165) is 25.8 Å². The summed E-state index contributed by atoms with van der Waals surface area (Å²) in [7, 11) is -3.01. The van der Waals surface area contributed by atoms with E-state index in [1.807, 2.05) is 0 Å². The molecule has 1 saturated heterocycles. The molecule has 1 aliphatic carbocycles. The Morgan fingerprint density at radius 1 is 1.27 bits per heavy atom. The number of hydrogen-bond donors (Lipinski definition) is 2. The third-order valence-corrected chi connectivity index (χ3v) is 4.58. The summed E-state index contributed by atoms with van der Waals surface area (Å²) in [6.45, 7) is 1.58. The average Bonchev–Trinajstić information content (AvgIpc) is 2.88. The van der Waals surface area contributed by atoms with Gasteiger partial charge in [-0.15, -0.1) is 0 Å². The van der Waals surface area contributed by atoms with Crippen molar-refractivity contribution >= 4 is 10.0 Å². The fourth-order valence-corrected chi connectivity index (χ4v) is 3.20. The van der Waals surface area contributed by atoms with Crippen LogP contribution in [-0.4, -0.2) is 33.3 Å². The molecule has 0 radical (unpaired) electrons. The molecule has 1 heterocycles. The van der Waals surface area contributed by atoms with Crippen molar-refractivity contribution in [2.75, 3.05) is 18.8 Å². The molecule has 4 nitrogen and oxygen atoms in total. The summed E-state index contributed by atoms with van der Waals surface area (Å²) in [5.41, 5.74) is 0. The minimum absolute atomic E-state index is 0.310. The van der Waals surface area contributed by atoms with Crippen LogP contribution in [0.3, 0.4) is 0 Å². The van der Waals surface area contributed by atoms with Crippen LogP contribution in [0.5, 0.6) is 0 Å². The van der Waals surface area contributed by atoms with Gasteiger partial charge in [0.1, 0.15) is 0 Å². The van der Waals surface area contributed by atoms with Gasteiger partial charge in [-0.1, -0.05) is 12.8 Å². The van der Waals surface area contributed by atoms with Crippen molar-refractivity contribution in [3.63, 3.8) is 0 Å². The van der Waals surface area contributed by atoms with Crippen molar-refractivity contribution in [2.24, 2.45) is 5.92 Å². The Bertz CT molecular complexity index is 293. The van der Waals surface area contributed by atoms with Gasteiger partial charge in [0.15, 0.2) is 0 Å². The zero-order valence-electron chi connectivity index (χ0n) is 9.04. The molecule has 2 fully saturated rings. The second-order valence-corrected chi connectivity index (χ2v) is 6.62. The Kier molecular flexibility index (Phi) is 3.64. The summed E-state index contributed by atoms with van der Waals surface area (Å²) < 4.78 is 25.9. The summed E-state index contributed by atoms with van der Waals surface area (Å²) in [6.07, 6.45) is 5.53. The van der Waals surface area contributed by atoms with E-state index in [1.165, 1.54) is 12.8 Å². The molecule has 0 bridgehead atoms. The van der Waals surface area contributed by atoms with Gasteiger partial charge in [-0.2, -0.15) is 0 Å². The molecule has 2 aliphatic rings. The monoisotopic (exact) mass is 232 g/mol. The third kappa shape index (κ3) is 4.09. The van der Waals surface area contributed by atoms with E-state index in [4.69, 9.17) is 0 Å². The van der Waals surface area contributed by atoms with Crippen LogP contribution in [0.25, 0.3) is 0 Å². The second-order valence-electron chi connectivity index (χ2n) is 4.69. The van der Waals surface area contributed by atoms with E-state index in [9.17, 15) is 8.42 Å². The van der Waals surface area contributed by atoms with Gasteiger partial charge in [0.25, 0.3) is 0 Å². The smallest absolute Gasteiger partial charge is 0.211 e. The number of nitrogens with one attached hydrogen (secondary N) is 2. The van der Waals surface area contributed by atoms with Crippen LogP contribution in [-0.2, 0) is 10.0 Å². The van der Waals surface area contributed by atoms with E-state index in [1.54, 1.807) is 0 Å². The summed E-state index contributed by atoms with van der Waals surface area (Å²) in [5, 5.41) is 3.28. The van der Waals surface area contributed by atoms with E-state index in [2.05, 4.69) is 10.0 Å². The van der Waals surface area contributed by atoms with Crippen LogP contribution in [0.2, 0.25) is 0 Å². The highest BCUT2D eigenvalue weighted by atomic mass is 32.2. The Morgan fingerprint density at radius 3 is 2.67 bits per heavy atom. The normalized spacial score (nSPS) is 27.1. The minimum Gasteiger partial charge on any atom is -0.313 e. The molecule has 0 aromatic rings. The first kappa shape index (κ1) is 11.4. The van der Waals surface area contributed by atoms with E-state index in [-0.39, 0.29) is 0 Å². The van der Waals surface area contributed by atoms with Gasteiger partial charge in [-0.25, -0.2) is 13.1 Å². The van der Waals surface area contributed by atoms with Gasteiger partial charge in [0.2, 0.25) is 10.0 Å². The highest BCUT2D eigenvalue weighted by Crippen LogP contribution is 2.32. The molecule has 88 valence electrons. The third-order valence-electron chi connectivity index (χ3n) is 3.20. The van der Waals surface area contributed by atoms with Gasteiger partial charge < -0.3 is 5.32 Å².